The summed E-state index contributed by atoms with van der Waals surface area (Å²) in [6, 6.07) is -0.645. The first-order valence-corrected chi connectivity index (χ1v) is 13.3. The van der Waals surface area contributed by atoms with Crippen molar-refractivity contribution in [3.8, 4) is 5.88 Å². The van der Waals surface area contributed by atoms with Crippen LogP contribution in [0.4, 0.5) is 5.95 Å². The van der Waals surface area contributed by atoms with Gasteiger partial charge in [0.15, 0.2) is 17.4 Å². The standard InChI is InChI=1S/C19H29ClN6O6PS/c1-6-29-15-12-14(23-18(21)24-15)26(8-22-12)17-19(5,20)13(27)11(32-17)7-30-33(34)25-10(4)16(28)31-9(2)3/h8-11,13,17,27H,6-7H2,1-5H3,(H,25,34)(H2,21,23,24)/q+1. The van der Waals surface area contributed by atoms with Crippen LogP contribution >= 0.6 is 18.7 Å². The molecular weight excluding hydrogens is 507 g/mol. The number of rotatable bonds is 10. The van der Waals surface area contributed by atoms with Crippen molar-refractivity contribution >= 4 is 53.6 Å². The van der Waals surface area contributed by atoms with Gasteiger partial charge in [0.2, 0.25) is 23.6 Å². The number of anilines is 1. The molecule has 0 amide bonds. The van der Waals surface area contributed by atoms with Crippen LogP contribution in [0.25, 0.3) is 11.2 Å². The minimum Gasteiger partial charge on any atom is -0.476 e. The summed E-state index contributed by atoms with van der Waals surface area (Å²) >= 11 is 12.0. The predicted octanol–water partition coefficient (Wildman–Crippen LogP) is 1.78. The Morgan fingerprint density at radius 2 is 2.18 bits per heavy atom. The van der Waals surface area contributed by atoms with E-state index in [4.69, 9.17) is 47.9 Å². The quantitative estimate of drug-likeness (QED) is 0.230. The van der Waals surface area contributed by atoms with E-state index in [9.17, 15) is 9.90 Å². The molecule has 0 aromatic carbocycles. The van der Waals surface area contributed by atoms with Crippen LogP contribution in [-0.4, -0.2) is 73.0 Å². The molecule has 12 nitrogen and oxygen atoms in total. The molecule has 1 saturated heterocycles. The van der Waals surface area contributed by atoms with Crippen LogP contribution < -0.4 is 15.6 Å². The summed E-state index contributed by atoms with van der Waals surface area (Å²) in [4.78, 5) is 23.4. The molecular formula is C19H29ClN6O6PS+. The highest BCUT2D eigenvalue weighted by molar-refractivity contribution is 8.02. The third kappa shape index (κ3) is 5.73. The molecule has 6 atom stereocenters. The third-order valence-electron chi connectivity index (χ3n) is 5.02. The van der Waals surface area contributed by atoms with Crippen molar-refractivity contribution in [2.45, 2.75) is 70.1 Å². The largest absolute Gasteiger partial charge is 0.476 e. The zero-order valence-electron chi connectivity index (χ0n) is 19.5. The van der Waals surface area contributed by atoms with Gasteiger partial charge in [-0.05, 0) is 34.6 Å². The Kier molecular flexibility index (Phi) is 8.61. The fourth-order valence-corrected chi connectivity index (χ4v) is 5.12. The van der Waals surface area contributed by atoms with Crippen LogP contribution in [0.2, 0.25) is 0 Å². The lowest BCUT2D eigenvalue weighted by molar-refractivity contribution is -0.148. The number of carbonyl (C=O) groups is 1. The average Bonchev–Trinajstić information content (AvgIpc) is 3.25. The van der Waals surface area contributed by atoms with Gasteiger partial charge in [-0.25, -0.2) is 4.98 Å². The van der Waals surface area contributed by atoms with Gasteiger partial charge in [0, 0.05) is 0 Å². The molecule has 34 heavy (non-hydrogen) atoms. The molecule has 0 radical (unpaired) electrons. The molecule has 4 N–H and O–H groups in total. The first-order chi connectivity index (χ1) is 15.9. The summed E-state index contributed by atoms with van der Waals surface area (Å²) in [5.74, 6) is -0.187. The molecule has 15 heteroatoms. The minimum atomic E-state index is -1.62. The van der Waals surface area contributed by atoms with Gasteiger partial charge in [0.25, 0.3) is 0 Å². The lowest BCUT2D eigenvalue weighted by atomic mass is 10.0. The number of aliphatic hydroxyl groups is 1. The van der Waals surface area contributed by atoms with Crippen LogP contribution in [0.1, 0.15) is 40.8 Å². The Morgan fingerprint density at radius 1 is 1.47 bits per heavy atom. The van der Waals surface area contributed by atoms with Gasteiger partial charge in [-0.15, -0.1) is 16.1 Å². The van der Waals surface area contributed by atoms with Crippen molar-refractivity contribution in [1.29, 1.82) is 0 Å². The van der Waals surface area contributed by atoms with Crippen molar-refractivity contribution in [2.75, 3.05) is 18.9 Å². The Labute approximate surface area is 208 Å². The highest BCUT2D eigenvalue weighted by atomic mass is 35.5. The average molecular weight is 536 g/mol. The Hall–Kier alpha value is -1.73. The SMILES string of the molecule is CCOc1nc(N)nc2c1ncn2C1OC(CO[P+](=S)NC(C)C(=O)OC(C)C)C(O)C1(C)Cl. The van der Waals surface area contributed by atoms with E-state index in [0.717, 1.165) is 0 Å². The highest BCUT2D eigenvalue weighted by Gasteiger charge is 2.54. The number of ether oxygens (including phenoxy) is 3. The maximum absolute atomic E-state index is 12.0. The zero-order chi connectivity index (χ0) is 25.2. The fourth-order valence-electron chi connectivity index (χ4n) is 3.39. The van der Waals surface area contributed by atoms with Crippen molar-refractivity contribution in [3.05, 3.63) is 6.33 Å². The maximum atomic E-state index is 12.0. The van der Waals surface area contributed by atoms with E-state index in [1.165, 1.54) is 6.33 Å². The van der Waals surface area contributed by atoms with Gasteiger partial charge in [0.05, 0.1) is 19.0 Å². The topological polar surface area (TPSA) is 156 Å². The molecule has 1 fully saturated rings. The van der Waals surface area contributed by atoms with Gasteiger partial charge in [-0.1, -0.05) is 5.09 Å². The fraction of sp³-hybridized carbons (Fsp3) is 0.684. The molecule has 2 aromatic rings. The molecule has 2 aromatic heterocycles. The second-order valence-corrected chi connectivity index (χ2v) is 11.0. The molecule has 1 aliphatic heterocycles. The third-order valence-corrected chi connectivity index (χ3v) is 7.04. The van der Waals surface area contributed by atoms with Crippen LogP contribution in [0, 0.1) is 0 Å². The molecule has 188 valence electrons. The number of nitrogens with two attached hydrogens (primary N) is 1. The number of nitrogens with zero attached hydrogens (tertiary/aromatic N) is 4. The molecule has 3 rings (SSSR count). The number of nitrogen functional groups attached to an aromatic ring is 1. The minimum absolute atomic E-state index is 0.000315. The molecule has 0 spiro atoms. The smallest absolute Gasteiger partial charge is 0.440 e. The normalized spacial score (nSPS) is 26.1. The van der Waals surface area contributed by atoms with Gasteiger partial charge in [-0.2, -0.15) is 9.97 Å². The number of nitrogens with one attached hydrogen (secondary N) is 1. The number of carbonyl (C=O) groups excluding carboxylic acids is 1. The van der Waals surface area contributed by atoms with E-state index in [1.54, 1.807) is 32.3 Å². The summed E-state index contributed by atoms with van der Waals surface area (Å²) in [5, 5.41) is 13.7. The summed E-state index contributed by atoms with van der Waals surface area (Å²) in [5.41, 5.74) is 6.58. The number of aromatic nitrogens is 4. The number of fused-ring (bicyclic) bond motifs is 1. The van der Waals surface area contributed by atoms with Crippen LogP contribution in [0.3, 0.4) is 0 Å². The second kappa shape index (κ2) is 10.9. The molecule has 0 aliphatic carbocycles. The lowest BCUT2D eigenvalue weighted by Gasteiger charge is -2.26. The van der Waals surface area contributed by atoms with Crippen molar-refractivity contribution < 1.29 is 28.6 Å². The molecule has 0 saturated carbocycles. The number of esters is 1. The maximum Gasteiger partial charge on any atom is 0.440 e. The lowest BCUT2D eigenvalue weighted by Crippen LogP contribution is -2.40. The number of aliphatic hydroxyl groups excluding tert-OH is 1. The number of imidazole rings is 1. The first kappa shape index (κ1) is 26.9. The summed E-state index contributed by atoms with van der Waals surface area (Å²) in [7, 11) is -1.62. The van der Waals surface area contributed by atoms with Gasteiger partial charge < -0.3 is 25.1 Å². The summed E-state index contributed by atoms with van der Waals surface area (Å²) in [6.07, 6.45) is -1.52. The Balaban J connectivity index is 1.71. The van der Waals surface area contributed by atoms with E-state index in [2.05, 4.69) is 20.0 Å². The number of hydrogen-bond acceptors (Lipinski definition) is 11. The number of hydrogen-bond donors (Lipinski definition) is 3. The molecule has 0 bridgehead atoms. The van der Waals surface area contributed by atoms with Crippen LogP contribution in [0.15, 0.2) is 6.33 Å². The molecule has 6 unspecified atom stereocenters. The Morgan fingerprint density at radius 3 is 2.82 bits per heavy atom. The van der Waals surface area contributed by atoms with E-state index >= 15 is 0 Å². The van der Waals surface area contributed by atoms with E-state index in [-0.39, 0.29) is 24.5 Å². The second-order valence-electron chi connectivity index (χ2n) is 8.16. The first-order valence-electron chi connectivity index (χ1n) is 10.7. The number of halogens is 1. The number of alkyl halides is 1. The highest BCUT2D eigenvalue weighted by Crippen LogP contribution is 2.45. The van der Waals surface area contributed by atoms with Crippen LogP contribution in [-0.2, 0) is 30.6 Å². The predicted molar refractivity (Wildman–Crippen MR) is 129 cm³/mol. The van der Waals surface area contributed by atoms with Gasteiger partial charge in [-0.3, -0.25) is 9.36 Å². The van der Waals surface area contributed by atoms with Gasteiger partial charge in [0.1, 0.15) is 29.7 Å². The van der Waals surface area contributed by atoms with Crippen molar-refractivity contribution in [3.63, 3.8) is 0 Å². The van der Waals surface area contributed by atoms with Crippen molar-refractivity contribution in [2.24, 2.45) is 0 Å². The van der Waals surface area contributed by atoms with E-state index < -0.39 is 42.4 Å². The molecule has 3 heterocycles. The summed E-state index contributed by atoms with van der Waals surface area (Å²) < 4.78 is 23.9. The molecule has 1 aliphatic rings. The zero-order valence-corrected chi connectivity index (χ0v) is 21.9. The van der Waals surface area contributed by atoms with E-state index in [1.807, 2.05) is 6.92 Å². The van der Waals surface area contributed by atoms with Gasteiger partial charge >= 0.3 is 13.0 Å². The van der Waals surface area contributed by atoms with E-state index in [0.29, 0.717) is 17.8 Å². The monoisotopic (exact) mass is 535 g/mol. The Bertz CT molecular complexity index is 1060. The summed E-state index contributed by atoms with van der Waals surface area (Å²) in [6.45, 7) is 8.93. The van der Waals surface area contributed by atoms with Crippen molar-refractivity contribution in [1.82, 2.24) is 24.6 Å². The van der Waals surface area contributed by atoms with Crippen LogP contribution in [0.5, 0.6) is 5.88 Å².